The molecule has 0 atom stereocenters. The zero-order valence-corrected chi connectivity index (χ0v) is 11.5. The number of benzene rings is 1. The monoisotopic (exact) mass is 296 g/mol. The Morgan fingerprint density at radius 2 is 2.16 bits per heavy atom. The number of hydrazone groups is 1. The van der Waals surface area contributed by atoms with E-state index in [0.717, 1.165) is 11.3 Å². The fraction of sp³-hybridized carbons (Fsp3) is 0.0833. The van der Waals surface area contributed by atoms with Crippen molar-refractivity contribution >= 4 is 35.3 Å². The van der Waals surface area contributed by atoms with Gasteiger partial charge in [-0.25, -0.2) is 5.43 Å². The second-order valence-corrected chi connectivity index (χ2v) is 4.62. The van der Waals surface area contributed by atoms with Gasteiger partial charge in [0, 0.05) is 5.69 Å². The van der Waals surface area contributed by atoms with Gasteiger partial charge >= 0.3 is 0 Å². The Bertz CT molecular complexity index is 636. The summed E-state index contributed by atoms with van der Waals surface area (Å²) < 4.78 is 0. The average Bonchev–Trinajstić information content (AvgIpc) is 2.80. The molecular formula is C12H10Cl2N4O. The lowest BCUT2D eigenvalue weighted by atomic mass is 10.2. The van der Waals surface area contributed by atoms with Crippen molar-refractivity contribution in [1.29, 1.82) is 0 Å². The van der Waals surface area contributed by atoms with Crippen LogP contribution in [0.25, 0.3) is 0 Å². The number of aromatic amines is 1. The number of carbonyl (C=O) groups excluding carboxylic acids is 1. The average molecular weight is 297 g/mol. The van der Waals surface area contributed by atoms with Gasteiger partial charge < -0.3 is 0 Å². The first-order chi connectivity index (χ1) is 9.06. The number of carbonyl (C=O) groups is 1. The molecule has 1 amide bonds. The van der Waals surface area contributed by atoms with Gasteiger partial charge in [-0.1, -0.05) is 29.3 Å². The van der Waals surface area contributed by atoms with Crippen molar-refractivity contribution in [1.82, 2.24) is 15.6 Å². The minimum absolute atomic E-state index is 0.281. The van der Waals surface area contributed by atoms with Crippen LogP contribution < -0.4 is 5.43 Å². The first-order valence-electron chi connectivity index (χ1n) is 5.37. The number of halogens is 2. The van der Waals surface area contributed by atoms with E-state index in [2.05, 4.69) is 20.7 Å². The van der Waals surface area contributed by atoms with Gasteiger partial charge in [0.15, 0.2) is 5.69 Å². The molecular weight excluding hydrogens is 287 g/mol. The Hall–Kier alpha value is -1.85. The van der Waals surface area contributed by atoms with Gasteiger partial charge in [0.05, 0.1) is 16.3 Å². The molecule has 98 valence electrons. The van der Waals surface area contributed by atoms with Crippen LogP contribution in [-0.4, -0.2) is 22.3 Å². The van der Waals surface area contributed by atoms with E-state index in [0.29, 0.717) is 10.0 Å². The van der Waals surface area contributed by atoms with Gasteiger partial charge in [-0.05, 0) is 30.7 Å². The zero-order chi connectivity index (χ0) is 13.8. The molecule has 0 aliphatic heterocycles. The second-order valence-electron chi connectivity index (χ2n) is 3.81. The highest BCUT2D eigenvalue weighted by Gasteiger charge is 2.07. The van der Waals surface area contributed by atoms with E-state index in [1.807, 2.05) is 6.92 Å². The summed E-state index contributed by atoms with van der Waals surface area (Å²) in [6, 6.07) is 6.68. The lowest BCUT2D eigenvalue weighted by Crippen LogP contribution is -2.18. The van der Waals surface area contributed by atoms with Crippen molar-refractivity contribution in [3.63, 3.8) is 0 Å². The van der Waals surface area contributed by atoms with Crippen molar-refractivity contribution in [3.8, 4) is 0 Å². The van der Waals surface area contributed by atoms with Crippen molar-refractivity contribution in [2.75, 3.05) is 0 Å². The van der Waals surface area contributed by atoms with Crippen molar-refractivity contribution in [2.45, 2.75) is 6.92 Å². The second kappa shape index (κ2) is 5.86. The van der Waals surface area contributed by atoms with Crippen LogP contribution in [0.4, 0.5) is 0 Å². The highest BCUT2D eigenvalue weighted by atomic mass is 35.5. The first-order valence-corrected chi connectivity index (χ1v) is 6.12. The molecule has 7 heteroatoms. The summed E-state index contributed by atoms with van der Waals surface area (Å²) in [5.41, 5.74) is 4.18. The Balaban J connectivity index is 2.00. The van der Waals surface area contributed by atoms with E-state index in [1.54, 1.807) is 24.3 Å². The van der Waals surface area contributed by atoms with Gasteiger partial charge in [0.1, 0.15) is 0 Å². The molecule has 1 aromatic carbocycles. The predicted octanol–water partition coefficient (Wildman–Crippen LogP) is 2.79. The summed E-state index contributed by atoms with van der Waals surface area (Å²) in [6.45, 7) is 1.81. The molecule has 1 aromatic heterocycles. The number of hydrogen-bond acceptors (Lipinski definition) is 3. The third kappa shape index (κ3) is 3.56. The Kier molecular flexibility index (Phi) is 4.19. The molecule has 1 heterocycles. The Labute approximate surface area is 119 Å². The molecule has 0 bridgehead atoms. The molecule has 5 nitrogen and oxygen atoms in total. The molecule has 0 saturated heterocycles. The molecule has 0 spiro atoms. The van der Waals surface area contributed by atoms with Gasteiger partial charge in [-0.3, -0.25) is 9.89 Å². The number of hydrogen-bond donors (Lipinski definition) is 2. The molecule has 0 aliphatic carbocycles. The van der Waals surface area contributed by atoms with Crippen LogP contribution >= 0.6 is 23.2 Å². The number of nitrogens with zero attached hydrogens (tertiary/aromatic N) is 2. The number of nitrogens with one attached hydrogen (secondary N) is 2. The first kappa shape index (κ1) is 13.6. The minimum Gasteiger partial charge on any atom is -0.282 e. The lowest BCUT2D eigenvalue weighted by Gasteiger charge is -1.97. The smallest absolute Gasteiger partial charge is 0.282 e. The van der Waals surface area contributed by atoms with Crippen molar-refractivity contribution < 1.29 is 4.79 Å². The Morgan fingerprint density at radius 3 is 2.79 bits per heavy atom. The number of rotatable bonds is 3. The standard InChI is InChI=1S/C12H10Cl2N4O/c1-7-4-11(17-16-7)12(19)18-15-6-8-2-3-9(13)10(14)5-8/h2-6H,1H3,(H,16,17)(H,18,19). The molecule has 2 rings (SSSR count). The summed E-state index contributed by atoms with van der Waals surface area (Å²) >= 11 is 11.6. The molecule has 2 N–H and O–H groups in total. The summed E-state index contributed by atoms with van der Waals surface area (Å²) in [4.78, 5) is 11.6. The van der Waals surface area contributed by atoms with Crippen LogP contribution in [0.1, 0.15) is 21.7 Å². The SMILES string of the molecule is Cc1cc(C(=O)NN=Cc2ccc(Cl)c(Cl)c2)n[nH]1. The summed E-state index contributed by atoms with van der Waals surface area (Å²) in [5, 5.41) is 11.2. The van der Waals surface area contributed by atoms with Gasteiger partial charge in [0.2, 0.25) is 0 Å². The normalized spacial score (nSPS) is 10.9. The fourth-order valence-electron chi connectivity index (χ4n) is 1.35. The van der Waals surface area contributed by atoms with Gasteiger partial charge in [-0.15, -0.1) is 0 Å². The highest BCUT2D eigenvalue weighted by Crippen LogP contribution is 2.21. The van der Waals surface area contributed by atoms with Crippen LogP contribution in [0.3, 0.4) is 0 Å². The van der Waals surface area contributed by atoms with Crippen molar-refractivity contribution in [3.05, 3.63) is 51.3 Å². The molecule has 0 radical (unpaired) electrons. The third-order valence-corrected chi connectivity index (χ3v) is 3.00. The molecule has 0 saturated carbocycles. The maximum Gasteiger partial charge on any atom is 0.291 e. The fourth-order valence-corrected chi connectivity index (χ4v) is 1.66. The van der Waals surface area contributed by atoms with E-state index in [1.165, 1.54) is 6.21 Å². The number of amides is 1. The number of aromatic nitrogens is 2. The molecule has 19 heavy (non-hydrogen) atoms. The largest absolute Gasteiger partial charge is 0.291 e. The van der Waals surface area contributed by atoms with Crippen LogP contribution in [0, 0.1) is 6.92 Å². The van der Waals surface area contributed by atoms with Gasteiger partial charge in [-0.2, -0.15) is 10.2 Å². The number of H-pyrrole nitrogens is 1. The van der Waals surface area contributed by atoms with Crippen LogP contribution in [0.2, 0.25) is 10.0 Å². The van der Waals surface area contributed by atoms with Gasteiger partial charge in [0.25, 0.3) is 5.91 Å². The quantitative estimate of drug-likeness (QED) is 0.675. The molecule has 2 aromatic rings. The van der Waals surface area contributed by atoms with E-state index in [-0.39, 0.29) is 11.6 Å². The van der Waals surface area contributed by atoms with Crippen LogP contribution in [-0.2, 0) is 0 Å². The van der Waals surface area contributed by atoms with Crippen LogP contribution in [0.15, 0.2) is 29.4 Å². The van der Waals surface area contributed by atoms with E-state index >= 15 is 0 Å². The lowest BCUT2D eigenvalue weighted by molar-refractivity contribution is 0.0950. The highest BCUT2D eigenvalue weighted by molar-refractivity contribution is 6.42. The van der Waals surface area contributed by atoms with E-state index < -0.39 is 0 Å². The zero-order valence-electron chi connectivity index (χ0n) is 9.95. The summed E-state index contributed by atoms with van der Waals surface area (Å²) in [5.74, 6) is -0.388. The van der Waals surface area contributed by atoms with E-state index in [9.17, 15) is 4.79 Å². The molecule has 0 fully saturated rings. The topological polar surface area (TPSA) is 70.1 Å². The number of aryl methyl sites for hydroxylation is 1. The van der Waals surface area contributed by atoms with Crippen LogP contribution in [0.5, 0.6) is 0 Å². The molecule has 0 unspecified atom stereocenters. The Morgan fingerprint density at radius 1 is 1.37 bits per heavy atom. The third-order valence-electron chi connectivity index (χ3n) is 2.26. The summed E-state index contributed by atoms with van der Waals surface area (Å²) in [6.07, 6.45) is 1.47. The van der Waals surface area contributed by atoms with E-state index in [4.69, 9.17) is 23.2 Å². The predicted molar refractivity (Wildman–Crippen MR) is 74.8 cm³/mol. The summed E-state index contributed by atoms with van der Waals surface area (Å²) in [7, 11) is 0. The maximum absolute atomic E-state index is 11.6. The van der Waals surface area contributed by atoms with Crippen molar-refractivity contribution in [2.24, 2.45) is 5.10 Å². The molecule has 0 aliphatic rings. The minimum atomic E-state index is -0.388. The maximum atomic E-state index is 11.6.